The molecule has 2 nitrogen and oxygen atoms in total. The predicted octanol–water partition coefficient (Wildman–Crippen LogP) is 3.75. The first-order valence-corrected chi connectivity index (χ1v) is 8.44. The summed E-state index contributed by atoms with van der Waals surface area (Å²) in [6.07, 6.45) is 8.08. The van der Waals surface area contributed by atoms with Crippen molar-refractivity contribution in [3.63, 3.8) is 0 Å². The Morgan fingerprint density at radius 1 is 1.00 bits per heavy atom. The van der Waals surface area contributed by atoms with Gasteiger partial charge in [-0.05, 0) is 30.4 Å². The number of benzene rings is 2. The minimum atomic E-state index is 0.255. The van der Waals surface area contributed by atoms with Gasteiger partial charge in [0.2, 0.25) is 0 Å². The number of rotatable bonds is 3. The zero-order valence-electron chi connectivity index (χ0n) is 13.9. The van der Waals surface area contributed by atoms with Crippen LogP contribution in [0.15, 0.2) is 60.9 Å². The maximum atomic E-state index is 2.41. The van der Waals surface area contributed by atoms with Crippen molar-refractivity contribution in [3.05, 3.63) is 89.0 Å². The predicted molar refractivity (Wildman–Crippen MR) is 92.5 cm³/mol. The van der Waals surface area contributed by atoms with E-state index in [1.54, 1.807) is 5.56 Å². The molecular formula is C21H23N2+. The summed E-state index contributed by atoms with van der Waals surface area (Å²) in [5, 5.41) is 0. The molecule has 1 aliphatic carbocycles. The Hall–Kier alpha value is -2.35. The van der Waals surface area contributed by atoms with Crippen LogP contribution >= 0.6 is 0 Å². The fourth-order valence-corrected chi connectivity index (χ4v) is 3.87. The van der Waals surface area contributed by atoms with E-state index < -0.39 is 0 Å². The van der Waals surface area contributed by atoms with Crippen LogP contribution < -0.4 is 4.57 Å². The van der Waals surface area contributed by atoms with E-state index in [1.165, 1.54) is 41.8 Å². The minimum absolute atomic E-state index is 0.255. The molecule has 1 unspecified atom stereocenters. The van der Waals surface area contributed by atoms with E-state index in [1.807, 2.05) is 0 Å². The van der Waals surface area contributed by atoms with Gasteiger partial charge in [-0.3, -0.25) is 0 Å². The molecule has 1 heterocycles. The molecule has 1 aliphatic rings. The normalized spacial score (nSPS) is 14.7. The Morgan fingerprint density at radius 3 is 2.57 bits per heavy atom. The van der Waals surface area contributed by atoms with Crippen LogP contribution in [-0.2, 0) is 19.9 Å². The number of nitrogens with zero attached hydrogens (tertiary/aromatic N) is 2. The number of hydrogen-bond acceptors (Lipinski definition) is 0. The van der Waals surface area contributed by atoms with E-state index in [-0.39, 0.29) is 6.04 Å². The standard InChI is InChI=1S/C21H23N2/c1-16-22(2)14-15-23(16)21(18-8-4-3-5-9-18)20-13-7-11-17-10-6-12-19(17)20/h3-5,7-9,11,13-15,21H,6,10,12H2,1-2H3/q+1. The maximum absolute atomic E-state index is 2.41. The molecule has 0 saturated heterocycles. The first kappa shape index (κ1) is 14.3. The minimum Gasteiger partial charge on any atom is -0.237 e. The van der Waals surface area contributed by atoms with Crippen LogP contribution in [0.25, 0.3) is 0 Å². The Morgan fingerprint density at radius 2 is 1.83 bits per heavy atom. The zero-order valence-corrected chi connectivity index (χ0v) is 13.9. The summed E-state index contributed by atoms with van der Waals surface area (Å²) in [6.45, 7) is 2.19. The molecule has 2 heteroatoms. The lowest BCUT2D eigenvalue weighted by atomic mass is 9.92. The highest BCUT2D eigenvalue weighted by atomic mass is 15.1. The van der Waals surface area contributed by atoms with Gasteiger partial charge in [0.25, 0.3) is 5.82 Å². The summed E-state index contributed by atoms with van der Waals surface area (Å²) >= 11 is 0. The molecule has 0 fully saturated rings. The highest BCUT2D eigenvalue weighted by Gasteiger charge is 2.28. The van der Waals surface area contributed by atoms with Crippen molar-refractivity contribution in [1.29, 1.82) is 0 Å². The van der Waals surface area contributed by atoms with Crippen LogP contribution in [0.5, 0.6) is 0 Å². The molecular weight excluding hydrogens is 280 g/mol. The van der Waals surface area contributed by atoms with Crippen LogP contribution in [-0.4, -0.2) is 4.57 Å². The highest BCUT2D eigenvalue weighted by Crippen LogP contribution is 2.34. The summed E-state index contributed by atoms with van der Waals surface area (Å²) in [5.74, 6) is 1.27. The van der Waals surface area contributed by atoms with Crippen LogP contribution in [0.1, 0.15) is 40.5 Å². The second-order valence-corrected chi connectivity index (χ2v) is 6.52. The third-order valence-corrected chi connectivity index (χ3v) is 5.21. The van der Waals surface area contributed by atoms with E-state index in [0.29, 0.717) is 0 Å². The lowest BCUT2D eigenvalue weighted by Crippen LogP contribution is -2.31. The van der Waals surface area contributed by atoms with E-state index >= 15 is 0 Å². The monoisotopic (exact) mass is 303 g/mol. The van der Waals surface area contributed by atoms with Gasteiger partial charge in [-0.1, -0.05) is 48.5 Å². The number of imidazole rings is 1. The second kappa shape index (κ2) is 5.69. The third kappa shape index (κ3) is 2.39. The average Bonchev–Trinajstić information content (AvgIpc) is 3.18. The molecule has 1 aromatic heterocycles. The molecule has 0 spiro atoms. The van der Waals surface area contributed by atoms with Gasteiger partial charge in [0.05, 0.1) is 7.05 Å². The zero-order chi connectivity index (χ0) is 15.8. The fraction of sp³-hybridized carbons (Fsp3) is 0.286. The highest BCUT2D eigenvalue weighted by molar-refractivity contribution is 5.44. The molecule has 1 atom stereocenters. The molecule has 0 aliphatic heterocycles. The van der Waals surface area contributed by atoms with Gasteiger partial charge in [0.15, 0.2) is 6.04 Å². The second-order valence-electron chi connectivity index (χ2n) is 6.52. The van der Waals surface area contributed by atoms with Crippen molar-refractivity contribution in [1.82, 2.24) is 4.57 Å². The van der Waals surface area contributed by atoms with Gasteiger partial charge in [-0.2, -0.15) is 0 Å². The van der Waals surface area contributed by atoms with Gasteiger partial charge in [-0.25, -0.2) is 9.13 Å². The fourth-order valence-electron chi connectivity index (χ4n) is 3.87. The molecule has 0 bridgehead atoms. The molecule has 0 N–H and O–H groups in total. The number of aromatic nitrogens is 2. The number of fused-ring (bicyclic) bond motifs is 1. The van der Waals surface area contributed by atoms with Gasteiger partial charge >= 0.3 is 0 Å². The Balaban J connectivity index is 1.94. The smallest absolute Gasteiger partial charge is 0.237 e. The van der Waals surface area contributed by atoms with E-state index in [4.69, 9.17) is 0 Å². The quantitative estimate of drug-likeness (QED) is 0.652. The maximum Gasteiger partial charge on any atom is 0.253 e. The first-order chi connectivity index (χ1) is 11.3. The number of hydrogen-bond donors (Lipinski definition) is 0. The van der Waals surface area contributed by atoms with Gasteiger partial charge in [-0.15, -0.1) is 0 Å². The van der Waals surface area contributed by atoms with Crippen LogP contribution in [0.3, 0.4) is 0 Å². The molecule has 2 aromatic carbocycles. The Kier molecular flexibility index (Phi) is 3.53. The molecule has 116 valence electrons. The van der Waals surface area contributed by atoms with Gasteiger partial charge < -0.3 is 0 Å². The molecule has 3 aromatic rings. The largest absolute Gasteiger partial charge is 0.253 e. The summed E-state index contributed by atoms with van der Waals surface area (Å²) in [6, 6.07) is 18.0. The van der Waals surface area contributed by atoms with E-state index in [9.17, 15) is 0 Å². The van der Waals surface area contributed by atoms with Crippen molar-refractivity contribution in [2.75, 3.05) is 0 Å². The Labute approximate surface area is 138 Å². The lowest BCUT2D eigenvalue weighted by molar-refractivity contribution is -0.677. The van der Waals surface area contributed by atoms with Crippen molar-refractivity contribution in [2.24, 2.45) is 7.05 Å². The summed E-state index contributed by atoms with van der Waals surface area (Å²) < 4.78 is 4.60. The van der Waals surface area contributed by atoms with Crippen LogP contribution in [0, 0.1) is 6.92 Å². The van der Waals surface area contributed by atoms with Gasteiger partial charge in [0, 0.05) is 18.1 Å². The van der Waals surface area contributed by atoms with E-state index in [0.717, 1.165) is 0 Å². The van der Waals surface area contributed by atoms with Crippen molar-refractivity contribution in [2.45, 2.75) is 32.2 Å². The SMILES string of the molecule is Cc1n(C(c2ccccc2)c2cccc3c2CCC3)cc[n+]1C. The summed E-state index contributed by atoms with van der Waals surface area (Å²) in [5.41, 5.74) is 5.92. The van der Waals surface area contributed by atoms with Crippen molar-refractivity contribution < 1.29 is 4.57 Å². The molecule has 23 heavy (non-hydrogen) atoms. The lowest BCUT2D eigenvalue weighted by Gasteiger charge is -2.19. The van der Waals surface area contributed by atoms with E-state index in [2.05, 4.69) is 84.0 Å². The van der Waals surface area contributed by atoms with Crippen LogP contribution in [0.4, 0.5) is 0 Å². The van der Waals surface area contributed by atoms with Crippen molar-refractivity contribution in [3.8, 4) is 0 Å². The third-order valence-electron chi connectivity index (χ3n) is 5.21. The van der Waals surface area contributed by atoms with Gasteiger partial charge in [0.1, 0.15) is 12.4 Å². The molecule has 4 rings (SSSR count). The molecule has 0 saturated carbocycles. The Bertz CT molecular complexity index is 830. The molecule has 0 radical (unpaired) electrons. The molecule has 0 amide bonds. The number of aryl methyl sites for hydroxylation is 2. The average molecular weight is 303 g/mol. The topological polar surface area (TPSA) is 8.81 Å². The van der Waals surface area contributed by atoms with Crippen molar-refractivity contribution >= 4 is 0 Å². The van der Waals surface area contributed by atoms with Crippen LogP contribution in [0.2, 0.25) is 0 Å². The summed E-state index contributed by atoms with van der Waals surface area (Å²) in [4.78, 5) is 0. The first-order valence-electron chi connectivity index (χ1n) is 8.44. The summed E-state index contributed by atoms with van der Waals surface area (Å²) in [7, 11) is 2.11.